The van der Waals surface area contributed by atoms with Crippen LogP contribution >= 0.6 is 0 Å². The van der Waals surface area contributed by atoms with Gasteiger partial charge in [0.1, 0.15) is 6.54 Å². The molecule has 1 fully saturated rings. The lowest BCUT2D eigenvalue weighted by molar-refractivity contribution is -0.123. The molecule has 1 aromatic carbocycles. The fourth-order valence-electron chi connectivity index (χ4n) is 2.67. The maximum absolute atomic E-state index is 12.7. The predicted molar refractivity (Wildman–Crippen MR) is 86.7 cm³/mol. The van der Waals surface area contributed by atoms with Crippen LogP contribution in [0.5, 0.6) is 0 Å². The maximum Gasteiger partial charge on any atom is 0.405 e. The smallest absolute Gasteiger partial charge is 0.343 e. The largest absolute Gasteiger partial charge is 0.405 e. The molecule has 2 rings (SSSR count). The van der Waals surface area contributed by atoms with Gasteiger partial charge in [-0.3, -0.25) is 4.79 Å². The van der Waals surface area contributed by atoms with E-state index in [4.69, 9.17) is 0 Å². The van der Waals surface area contributed by atoms with E-state index in [0.29, 0.717) is 13.1 Å². The van der Waals surface area contributed by atoms with Crippen LogP contribution in [0.2, 0.25) is 0 Å². The van der Waals surface area contributed by atoms with Gasteiger partial charge in [0.05, 0.1) is 4.90 Å². The molecule has 1 aromatic rings. The van der Waals surface area contributed by atoms with E-state index in [2.05, 4.69) is 0 Å². The first kappa shape index (κ1) is 19.7. The summed E-state index contributed by atoms with van der Waals surface area (Å²) in [5.74, 6) is -0.896. The molecule has 1 aliphatic rings. The SMILES string of the molecule is O=C(NCC(F)(F)F)c1ccc(S(=O)(=O)N2CCCCCCC2)cc1. The number of hydrogen-bond acceptors (Lipinski definition) is 3. The molecular weight excluding hydrogens is 357 g/mol. The van der Waals surface area contributed by atoms with Crippen molar-refractivity contribution in [2.75, 3.05) is 19.6 Å². The van der Waals surface area contributed by atoms with Gasteiger partial charge in [0.25, 0.3) is 5.91 Å². The van der Waals surface area contributed by atoms with Crippen molar-refractivity contribution in [1.29, 1.82) is 0 Å². The zero-order valence-electron chi connectivity index (χ0n) is 13.7. The lowest BCUT2D eigenvalue weighted by Gasteiger charge is -2.24. The summed E-state index contributed by atoms with van der Waals surface area (Å²) in [5, 5.41) is 1.75. The zero-order valence-corrected chi connectivity index (χ0v) is 14.5. The first-order valence-corrected chi connectivity index (χ1v) is 9.59. The number of nitrogens with zero attached hydrogens (tertiary/aromatic N) is 1. The highest BCUT2D eigenvalue weighted by Gasteiger charge is 2.28. The lowest BCUT2D eigenvalue weighted by Crippen LogP contribution is -2.34. The van der Waals surface area contributed by atoms with Crippen molar-refractivity contribution in [2.24, 2.45) is 0 Å². The average molecular weight is 378 g/mol. The summed E-state index contributed by atoms with van der Waals surface area (Å²) in [4.78, 5) is 11.7. The number of hydrogen-bond donors (Lipinski definition) is 1. The van der Waals surface area contributed by atoms with Crippen molar-refractivity contribution in [3.63, 3.8) is 0 Å². The minimum atomic E-state index is -4.50. The molecule has 1 aliphatic heterocycles. The Morgan fingerprint density at radius 3 is 2.04 bits per heavy atom. The highest BCUT2D eigenvalue weighted by Crippen LogP contribution is 2.20. The molecule has 0 bridgehead atoms. The van der Waals surface area contributed by atoms with Crippen molar-refractivity contribution in [2.45, 2.75) is 43.2 Å². The highest BCUT2D eigenvalue weighted by molar-refractivity contribution is 7.89. The minimum absolute atomic E-state index is 0.0177. The molecule has 0 spiro atoms. The van der Waals surface area contributed by atoms with E-state index in [1.807, 2.05) is 0 Å². The number of carbonyl (C=O) groups excluding carboxylic acids is 1. The standard InChI is InChI=1S/C16H21F3N2O3S/c17-16(18,19)12-20-15(22)13-6-8-14(9-7-13)25(23,24)21-10-4-2-1-3-5-11-21/h6-9H,1-5,10-12H2,(H,20,22). The zero-order chi connectivity index (χ0) is 18.5. The number of benzene rings is 1. The van der Waals surface area contributed by atoms with E-state index >= 15 is 0 Å². The Bertz CT molecular complexity index is 680. The van der Waals surface area contributed by atoms with Crippen molar-refractivity contribution >= 4 is 15.9 Å². The first-order chi connectivity index (χ1) is 11.7. The Hall–Kier alpha value is -1.61. The van der Waals surface area contributed by atoms with Gasteiger partial charge >= 0.3 is 6.18 Å². The highest BCUT2D eigenvalue weighted by atomic mass is 32.2. The topological polar surface area (TPSA) is 66.5 Å². The van der Waals surface area contributed by atoms with Gasteiger partial charge in [-0.05, 0) is 37.1 Å². The second-order valence-electron chi connectivity index (χ2n) is 5.99. The number of nitrogens with one attached hydrogen (secondary N) is 1. The number of rotatable bonds is 4. The number of carbonyl (C=O) groups is 1. The molecule has 9 heteroatoms. The van der Waals surface area contributed by atoms with Crippen LogP contribution in [0.1, 0.15) is 42.5 Å². The summed E-state index contributed by atoms with van der Waals surface area (Å²) in [6.45, 7) is -0.522. The summed E-state index contributed by atoms with van der Waals surface area (Å²) >= 11 is 0. The number of halogens is 3. The number of alkyl halides is 3. The summed E-state index contributed by atoms with van der Waals surface area (Å²) in [6, 6.07) is 4.97. The van der Waals surface area contributed by atoms with Gasteiger partial charge in [0.15, 0.2) is 0 Å². The van der Waals surface area contributed by atoms with Crippen LogP contribution < -0.4 is 5.32 Å². The molecule has 1 saturated heterocycles. The molecule has 0 aliphatic carbocycles. The van der Waals surface area contributed by atoms with Gasteiger partial charge in [-0.25, -0.2) is 8.42 Å². The van der Waals surface area contributed by atoms with Crippen LogP contribution in [-0.4, -0.2) is 44.4 Å². The molecule has 0 aromatic heterocycles. The Kier molecular flexibility index (Phi) is 6.45. The molecule has 0 atom stereocenters. The fourth-order valence-corrected chi connectivity index (χ4v) is 4.19. The van der Waals surface area contributed by atoms with Crippen molar-refractivity contribution < 1.29 is 26.4 Å². The van der Waals surface area contributed by atoms with Crippen LogP contribution in [0.4, 0.5) is 13.2 Å². The average Bonchev–Trinajstić information content (AvgIpc) is 2.51. The molecule has 0 unspecified atom stereocenters. The Labute approximate surface area is 145 Å². The molecule has 1 heterocycles. The molecule has 5 nitrogen and oxygen atoms in total. The second kappa shape index (κ2) is 8.18. The number of sulfonamides is 1. The summed E-state index contributed by atoms with van der Waals surface area (Å²) in [5.41, 5.74) is -0.0177. The van der Waals surface area contributed by atoms with Crippen LogP contribution in [0, 0.1) is 0 Å². The van der Waals surface area contributed by atoms with E-state index in [9.17, 15) is 26.4 Å². The van der Waals surface area contributed by atoms with Crippen LogP contribution in [0.15, 0.2) is 29.2 Å². The minimum Gasteiger partial charge on any atom is -0.343 e. The normalized spacial score (nSPS) is 17.6. The van der Waals surface area contributed by atoms with E-state index in [1.54, 1.807) is 5.32 Å². The second-order valence-corrected chi connectivity index (χ2v) is 7.93. The van der Waals surface area contributed by atoms with Gasteiger partial charge in [-0.15, -0.1) is 0 Å². The summed E-state index contributed by atoms with van der Waals surface area (Å²) in [6.07, 6.45) is 0.197. The van der Waals surface area contributed by atoms with E-state index in [1.165, 1.54) is 28.6 Å². The Morgan fingerprint density at radius 2 is 1.52 bits per heavy atom. The first-order valence-electron chi connectivity index (χ1n) is 8.15. The maximum atomic E-state index is 12.7. The van der Waals surface area contributed by atoms with Crippen LogP contribution in [0.3, 0.4) is 0 Å². The summed E-state index contributed by atoms with van der Waals surface area (Å²) in [7, 11) is -3.66. The third kappa shape index (κ3) is 5.71. The van der Waals surface area contributed by atoms with Crippen molar-refractivity contribution in [1.82, 2.24) is 9.62 Å². The molecular formula is C16H21F3N2O3S. The predicted octanol–water partition coefficient (Wildman–Crippen LogP) is 2.93. The Morgan fingerprint density at radius 1 is 1.00 bits per heavy atom. The van der Waals surface area contributed by atoms with E-state index < -0.39 is 28.7 Å². The van der Waals surface area contributed by atoms with Gasteiger partial charge in [0, 0.05) is 18.7 Å². The summed E-state index contributed by atoms with van der Waals surface area (Å²) < 4.78 is 63.1. The third-order valence-corrected chi connectivity index (χ3v) is 5.93. The van der Waals surface area contributed by atoms with Gasteiger partial charge in [0.2, 0.25) is 10.0 Å². The molecule has 0 radical (unpaired) electrons. The molecule has 1 amide bonds. The number of amides is 1. The Balaban J connectivity index is 2.08. The van der Waals surface area contributed by atoms with Gasteiger partial charge in [-0.1, -0.05) is 19.3 Å². The molecule has 140 valence electrons. The van der Waals surface area contributed by atoms with Crippen molar-refractivity contribution in [3.05, 3.63) is 29.8 Å². The lowest BCUT2D eigenvalue weighted by atomic mass is 10.1. The van der Waals surface area contributed by atoms with Crippen molar-refractivity contribution in [3.8, 4) is 0 Å². The monoisotopic (exact) mass is 378 g/mol. The molecule has 1 N–H and O–H groups in total. The fraction of sp³-hybridized carbons (Fsp3) is 0.562. The third-order valence-electron chi connectivity index (χ3n) is 4.02. The van der Waals surface area contributed by atoms with Crippen LogP contribution in [0.25, 0.3) is 0 Å². The van der Waals surface area contributed by atoms with E-state index in [0.717, 1.165) is 32.1 Å². The van der Waals surface area contributed by atoms with Gasteiger partial charge in [-0.2, -0.15) is 17.5 Å². The van der Waals surface area contributed by atoms with E-state index in [-0.39, 0.29) is 10.5 Å². The molecule has 25 heavy (non-hydrogen) atoms. The van der Waals surface area contributed by atoms with Crippen LogP contribution in [-0.2, 0) is 10.0 Å². The quantitative estimate of drug-likeness (QED) is 0.876. The molecule has 0 saturated carbocycles. The van der Waals surface area contributed by atoms with Gasteiger partial charge < -0.3 is 5.32 Å².